The summed E-state index contributed by atoms with van der Waals surface area (Å²) in [7, 11) is -2.20. The molecule has 3 atom stereocenters. The summed E-state index contributed by atoms with van der Waals surface area (Å²) in [6.07, 6.45) is 1.72. The predicted octanol–water partition coefficient (Wildman–Crippen LogP) is 2.99. The largest absolute Gasteiger partial charge is 0.487 e. The van der Waals surface area contributed by atoms with Crippen molar-refractivity contribution in [3.8, 4) is 17.6 Å². The standard InChI is InChI=1S/C27H32N2O5S/c1-19-16-29(20(2)18-30)35(32,33)26-14-13-22(12-11-21-9-10-21)15-24(26)34-25(19)17-28(3)27(31)23-7-5-4-6-8-23/h4-8,13-15,19-21,25,30H,9-10,16-18H2,1-3H3/t19-,20+,25+/m0/s1. The van der Waals surface area contributed by atoms with Crippen molar-refractivity contribution < 1.29 is 23.1 Å². The summed E-state index contributed by atoms with van der Waals surface area (Å²) in [6, 6.07) is 13.3. The van der Waals surface area contributed by atoms with Gasteiger partial charge in [-0.1, -0.05) is 37.0 Å². The van der Waals surface area contributed by atoms with Crippen molar-refractivity contribution in [1.29, 1.82) is 0 Å². The van der Waals surface area contributed by atoms with Crippen molar-refractivity contribution in [3.63, 3.8) is 0 Å². The number of benzene rings is 2. The number of hydrogen-bond acceptors (Lipinski definition) is 5. The number of sulfonamides is 1. The van der Waals surface area contributed by atoms with E-state index in [9.17, 15) is 18.3 Å². The molecular weight excluding hydrogens is 464 g/mol. The van der Waals surface area contributed by atoms with Gasteiger partial charge in [-0.25, -0.2) is 8.42 Å². The van der Waals surface area contributed by atoms with Crippen molar-refractivity contribution in [2.75, 3.05) is 26.7 Å². The molecule has 0 aromatic heterocycles. The molecule has 0 bridgehead atoms. The number of aliphatic hydroxyl groups excluding tert-OH is 1. The Morgan fingerprint density at radius 1 is 1.23 bits per heavy atom. The average molecular weight is 497 g/mol. The average Bonchev–Trinajstić information content (AvgIpc) is 3.69. The number of hydrogen-bond donors (Lipinski definition) is 1. The zero-order valence-corrected chi connectivity index (χ0v) is 21.2. The van der Waals surface area contributed by atoms with Crippen LogP contribution in [0.15, 0.2) is 53.4 Å². The van der Waals surface area contributed by atoms with Crippen LogP contribution in [-0.2, 0) is 10.0 Å². The van der Waals surface area contributed by atoms with Gasteiger partial charge in [0.2, 0.25) is 10.0 Å². The van der Waals surface area contributed by atoms with Crippen molar-refractivity contribution in [2.24, 2.45) is 11.8 Å². The van der Waals surface area contributed by atoms with Gasteiger partial charge in [0.1, 0.15) is 16.7 Å². The van der Waals surface area contributed by atoms with Crippen LogP contribution in [0.4, 0.5) is 0 Å². The highest BCUT2D eigenvalue weighted by Crippen LogP contribution is 2.34. The maximum absolute atomic E-state index is 13.6. The van der Waals surface area contributed by atoms with Gasteiger partial charge in [0.05, 0.1) is 13.2 Å². The molecule has 1 heterocycles. The Balaban J connectivity index is 1.69. The molecule has 0 unspecified atom stereocenters. The van der Waals surface area contributed by atoms with Crippen molar-refractivity contribution in [1.82, 2.24) is 9.21 Å². The molecule has 0 radical (unpaired) electrons. The summed E-state index contributed by atoms with van der Waals surface area (Å²) in [5.74, 6) is 6.57. The normalized spacial score (nSPS) is 22.4. The van der Waals surface area contributed by atoms with Gasteiger partial charge in [-0.2, -0.15) is 4.31 Å². The molecule has 1 aliphatic carbocycles. The second-order valence-corrected chi connectivity index (χ2v) is 11.4. The highest BCUT2D eigenvalue weighted by molar-refractivity contribution is 7.89. The van der Waals surface area contributed by atoms with Gasteiger partial charge in [0.15, 0.2) is 0 Å². The lowest BCUT2D eigenvalue weighted by Gasteiger charge is -2.37. The number of aliphatic hydroxyl groups is 1. The Bertz CT molecular complexity index is 1230. The van der Waals surface area contributed by atoms with Gasteiger partial charge in [-0.15, -0.1) is 0 Å². The van der Waals surface area contributed by atoms with E-state index in [-0.39, 0.29) is 42.2 Å². The molecule has 1 saturated carbocycles. The minimum atomic E-state index is -3.91. The minimum Gasteiger partial charge on any atom is -0.487 e. The van der Waals surface area contributed by atoms with E-state index >= 15 is 0 Å². The molecular formula is C27H32N2O5S. The molecule has 1 N–H and O–H groups in total. The Morgan fingerprint density at radius 3 is 2.60 bits per heavy atom. The summed E-state index contributed by atoms with van der Waals surface area (Å²) >= 11 is 0. The molecule has 8 heteroatoms. The van der Waals surface area contributed by atoms with Crippen molar-refractivity contribution in [2.45, 2.75) is 43.7 Å². The third kappa shape index (κ3) is 5.69. The number of amides is 1. The fourth-order valence-electron chi connectivity index (χ4n) is 4.09. The molecule has 1 aliphatic heterocycles. The highest BCUT2D eigenvalue weighted by atomic mass is 32.2. The van der Waals surface area contributed by atoms with Crippen LogP contribution in [0.1, 0.15) is 42.6 Å². The van der Waals surface area contributed by atoms with Crippen LogP contribution in [0.5, 0.6) is 5.75 Å². The fraction of sp³-hybridized carbons (Fsp3) is 0.444. The molecule has 0 saturated heterocycles. The lowest BCUT2D eigenvalue weighted by Crippen LogP contribution is -2.50. The van der Waals surface area contributed by atoms with E-state index in [1.165, 1.54) is 10.4 Å². The van der Waals surface area contributed by atoms with Crippen LogP contribution in [0, 0.1) is 23.7 Å². The first kappa shape index (κ1) is 25.2. The van der Waals surface area contributed by atoms with Gasteiger partial charge in [-0.05, 0) is 50.1 Å². The van der Waals surface area contributed by atoms with Crippen molar-refractivity contribution >= 4 is 15.9 Å². The topological polar surface area (TPSA) is 87.2 Å². The van der Waals surface area contributed by atoms with Gasteiger partial charge in [-0.3, -0.25) is 4.79 Å². The summed E-state index contributed by atoms with van der Waals surface area (Å²) in [5.41, 5.74) is 1.26. The smallest absolute Gasteiger partial charge is 0.253 e. The third-order valence-electron chi connectivity index (χ3n) is 6.49. The van der Waals surface area contributed by atoms with Crippen LogP contribution < -0.4 is 4.74 Å². The van der Waals surface area contributed by atoms with E-state index in [1.807, 2.05) is 25.1 Å². The van der Waals surface area contributed by atoms with E-state index in [1.54, 1.807) is 43.1 Å². The zero-order chi connectivity index (χ0) is 25.2. The van der Waals surface area contributed by atoms with Crippen LogP contribution >= 0.6 is 0 Å². The molecule has 35 heavy (non-hydrogen) atoms. The Hall–Kier alpha value is -2.86. The number of likely N-dealkylation sites (N-methyl/N-ethyl adjacent to an activating group) is 1. The third-order valence-corrected chi connectivity index (χ3v) is 8.51. The highest BCUT2D eigenvalue weighted by Gasteiger charge is 2.38. The van der Waals surface area contributed by atoms with E-state index in [4.69, 9.17) is 4.74 Å². The second-order valence-electron chi connectivity index (χ2n) is 9.50. The number of nitrogens with zero attached hydrogens (tertiary/aromatic N) is 2. The van der Waals surface area contributed by atoms with Gasteiger partial charge < -0.3 is 14.7 Å². The maximum Gasteiger partial charge on any atom is 0.253 e. The lowest BCUT2D eigenvalue weighted by atomic mass is 10.0. The minimum absolute atomic E-state index is 0.0451. The molecule has 186 valence electrons. The molecule has 2 aromatic rings. The van der Waals surface area contributed by atoms with E-state index < -0.39 is 22.2 Å². The molecule has 4 rings (SSSR count). The maximum atomic E-state index is 13.6. The summed E-state index contributed by atoms with van der Waals surface area (Å²) in [5, 5.41) is 9.79. The van der Waals surface area contributed by atoms with Crippen molar-refractivity contribution in [3.05, 3.63) is 59.7 Å². The van der Waals surface area contributed by atoms with Crippen LogP contribution in [-0.4, -0.2) is 67.5 Å². The molecule has 0 spiro atoms. The molecule has 2 aliphatic rings. The van der Waals surface area contributed by atoms with Gasteiger partial charge in [0, 0.05) is 42.6 Å². The Kier molecular flexibility index (Phi) is 7.50. The SMILES string of the molecule is C[C@H](CO)N1C[C@H](C)[C@@H](CN(C)C(=O)c2ccccc2)Oc2cc(C#CC3CC3)ccc2S1(=O)=O. The number of ether oxygens (including phenoxy) is 1. The predicted molar refractivity (Wildman–Crippen MR) is 133 cm³/mol. The monoisotopic (exact) mass is 496 g/mol. The molecule has 1 amide bonds. The number of fused-ring (bicyclic) bond motifs is 1. The summed E-state index contributed by atoms with van der Waals surface area (Å²) < 4.78 is 34.8. The zero-order valence-electron chi connectivity index (χ0n) is 20.3. The van der Waals surface area contributed by atoms with Crippen LogP contribution in [0.3, 0.4) is 0 Å². The van der Waals surface area contributed by atoms with Gasteiger partial charge in [0.25, 0.3) is 5.91 Å². The first-order chi connectivity index (χ1) is 16.7. The van der Waals surface area contributed by atoms with E-state index in [0.717, 1.165) is 12.8 Å². The Labute approximate surface area is 207 Å². The first-order valence-electron chi connectivity index (χ1n) is 12.0. The number of carbonyl (C=O) groups is 1. The number of carbonyl (C=O) groups excluding carboxylic acids is 1. The van der Waals surface area contributed by atoms with Crippen LogP contribution in [0.2, 0.25) is 0 Å². The molecule has 7 nitrogen and oxygen atoms in total. The fourth-order valence-corrected chi connectivity index (χ4v) is 5.91. The second kappa shape index (κ2) is 10.4. The molecule has 1 fully saturated rings. The summed E-state index contributed by atoms with van der Waals surface area (Å²) in [6.45, 7) is 3.71. The van der Waals surface area contributed by atoms with E-state index in [0.29, 0.717) is 17.0 Å². The summed E-state index contributed by atoms with van der Waals surface area (Å²) in [4.78, 5) is 14.6. The Morgan fingerprint density at radius 2 is 1.94 bits per heavy atom. The van der Waals surface area contributed by atoms with Crippen LogP contribution in [0.25, 0.3) is 0 Å². The quantitative estimate of drug-likeness (QED) is 0.643. The first-order valence-corrected chi connectivity index (χ1v) is 13.4. The van der Waals surface area contributed by atoms with E-state index in [2.05, 4.69) is 11.8 Å². The molecule has 2 aromatic carbocycles. The van der Waals surface area contributed by atoms with Gasteiger partial charge >= 0.3 is 0 Å². The lowest BCUT2D eigenvalue weighted by molar-refractivity contribution is 0.0563. The number of rotatable bonds is 5.